The van der Waals surface area contributed by atoms with E-state index >= 15 is 0 Å². The van der Waals surface area contributed by atoms with Gasteiger partial charge in [0.25, 0.3) is 0 Å². The van der Waals surface area contributed by atoms with Crippen molar-refractivity contribution >= 4 is 14.0 Å². The van der Waals surface area contributed by atoms with Gasteiger partial charge in [0, 0.05) is 45.9 Å². The Morgan fingerprint density at radius 3 is 2.32 bits per heavy atom. The minimum atomic E-state index is -2.80. The fraction of sp³-hybridized carbons (Fsp3) is 0.538. The van der Waals surface area contributed by atoms with Crippen molar-refractivity contribution in [1.29, 1.82) is 0 Å². The number of hydrogen-bond donors (Lipinski definition) is 0. The molecule has 0 N–H and O–H groups in total. The minimum absolute atomic E-state index is 0.498. The maximum Gasteiger partial charge on any atom is 0.536 e. The monoisotopic (exact) mass is 284 g/mol. The zero-order valence-electron chi connectivity index (χ0n) is 12.0. The SMILES string of the molecule is CO[Si](OC)(OC)c1ccc2c(c1)COC(C)(C)O2. The molecule has 5 nitrogen and oxygen atoms in total. The van der Waals surface area contributed by atoms with Crippen molar-refractivity contribution in [2.75, 3.05) is 21.3 Å². The Labute approximate surface area is 114 Å². The number of benzene rings is 1. The fourth-order valence-electron chi connectivity index (χ4n) is 2.13. The molecule has 1 aliphatic rings. The normalized spacial score (nSPS) is 17.7. The van der Waals surface area contributed by atoms with E-state index in [0.717, 1.165) is 16.5 Å². The molecule has 6 heteroatoms. The summed E-state index contributed by atoms with van der Waals surface area (Å²) in [6, 6.07) is 5.80. The van der Waals surface area contributed by atoms with Crippen LogP contribution in [0.25, 0.3) is 0 Å². The second-order valence-corrected chi connectivity index (χ2v) is 7.70. The van der Waals surface area contributed by atoms with Crippen molar-refractivity contribution in [3.63, 3.8) is 0 Å². The van der Waals surface area contributed by atoms with Crippen LogP contribution in [0.2, 0.25) is 0 Å². The third-order valence-electron chi connectivity index (χ3n) is 3.15. The molecular formula is C13H20O5Si. The lowest BCUT2D eigenvalue weighted by Gasteiger charge is -2.33. The highest BCUT2D eigenvalue weighted by Crippen LogP contribution is 2.30. The molecular weight excluding hydrogens is 264 g/mol. The molecule has 1 aromatic rings. The van der Waals surface area contributed by atoms with Crippen molar-refractivity contribution < 1.29 is 22.8 Å². The highest BCUT2D eigenvalue weighted by Gasteiger charge is 2.41. The Hall–Kier alpha value is -0.923. The number of fused-ring (bicyclic) bond motifs is 1. The third kappa shape index (κ3) is 2.68. The molecule has 0 bridgehead atoms. The van der Waals surface area contributed by atoms with E-state index in [-0.39, 0.29) is 0 Å². The van der Waals surface area contributed by atoms with Gasteiger partial charge < -0.3 is 22.8 Å². The van der Waals surface area contributed by atoms with Gasteiger partial charge >= 0.3 is 8.80 Å². The van der Waals surface area contributed by atoms with Crippen molar-refractivity contribution in [2.24, 2.45) is 0 Å². The van der Waals surface area contributed by atoms with Crippen molar-refractivity contribution in [3.8, 4) is 5.75 Å². The number of hydrogen-bond acceptors (Lipinski definition) is 5. The average Bonchev–Trinajstić information content (AvgIpc) is 2.40. The van der Waals surface area contributed by atoms with Gasteiger partial charge in [0.05, 0.1) is 6.61 Å². The lowest BCUT2D eigenvalue weighted by atomic mass is 10.2. The molecule has 1 aromatic carbocycles. The Bertz CT molecular complexity index is 448. The van der Waals surface area contributed by atoms with Gasteiger partial charge in [-0.05, 0) is 12.1 Å². The van der Waals surface area contributed by atoms with E-state index < -0.39 is 14.6 Å². The second-order valence-electron chi connectivity index (χ2n) is 4.78. The van der Waals surface area contributed by atoms with Crippen LogP contribution in [0, 0.1) is 0 Å². The fourth-order valence-corrected chi connectivity index (χ4v) is 3.98. The quantitative estimate of drug-likeness (QED) is 0.783. The van der Waals surface area contributed by atoms with Crippen LogP contribution in [0.1, 0.15) is 19.4 Å². The van der Waals surface area contributed by atoms with E-state index in [0.29, 0.717) is 6.61 Å². The topological polar surface area (TPSA) is 46.2 Å². The second kappa shape index (κ2) is 5.22. The summed E-state index contributed by atoms with van der Waals surface area (Å²) in [5, 5.41) is 0.894. The third-order valence-corrected chi connectivity index (χ3v) is 5.78. The predicted octanol–water partition coefficient (Wildman–Crippen LogP) is 1.42. The van der Waals surface area contributed by atoms with E-state index in [1.165, 1.54) is 0 Å². The van der Waals surface area contributed by atoms with Gasteiger partial charge in [-0.25, -0.2) is 0 Å². The molecule has 1 aliphatic heterocycles. The van der Waals surface area contributed by atoms with Crippen LogP contribution in [0.15, 0.2) is 18.2 Å². The molecule has 0 radical (unpaired) electrons. The molecule has 0 unspecified atom stereocenters. The van der Waals surface area contributed by atoms with Crippen molar-refractivity contribution in [3.05, 3.63) is 23.8 Å². The van der Waals surface area contributed by atoms with Crippen LogP contribution in [0.4, 0.5) is 0 Å². The van der Waals surface area contributed by atoms with E-state index in [2.05, 4.69) is 0 Å². The molecule has 0 aliphatic carbocycles. The van der Waals surface area contributed by atoms with Gasteiger partial charge in [0.1, 0.15) is 5.75 Å². The average molecular weight is 284 g/mol. The van der Waals surface area contributed by atoms with Crippen molar-refractivity contribution in [2.45, 2.75) is 26.2 Å². The standard InChI is InChI=1S/C13H20O5Si/c1-13(2)17-9-10-8-11(6-7-12(10)18-13)19(14-3,15-4)16-5/h6-8H,9H2,1-5H3. The van der Waals surface area contributed by atoms with Gasteiger partial charge in [-0.15, -0.1) is 0 Å². The van der Waals surface area contributed by atoms with Gasteiger partial charge in [0.2, 0.25) is 5.79 Å². The van der Waals surface area contributed by atoms with Crippen molar-refractivity contribution in [1.82, 2.24) is 0 Å². The van der Waals surface area contributed by atoms with Crippen LogP contribution >= 0.6 is 0 Å². The van der Waals surface area contributed by atoms with E-state index in [1.807, 2.05) is 32.0 Å². The molecule has 0 spiro atoms. The number of rotatable bonds is 4. The van der Waals surface area contributed by atoms with Crippen LogP contribution < -0.4 is 9.92 Å². The molecule has 19 heavy (non-hydrogen) atoms. The summed E-state index contributed by atoms with van der Waals surface area (Å²) in [4.78, 5) is 0. The molecule has 2 rings (SSSR count). The van der Waals surface area contributed by atoms with Crippen LogP contribution in [-0.2, 0) is 24.6 Å². The van der Waals surface area contributed by atoms with Gasteiger partial charge in [-0.1, -0.05) is 6.07 Å². The summed E-state index contributed by atoms with van der Waals surface area (Å²) in [6.07, 6.45) is 0. The molecule has 0 atom stereocenters. The molecule has 0 fully saturated rings. The summed E-state index contributed by atoms with van der Waals surface area (Å²) in [5.74, 6) is 0.235. The van der Waals surface area contributed by atoms with E-state index in [1.54, 1.807) is 21.3 Å². The first-order valence-corrected chi connectivity index (χ1v) is 7.80. The Kier molecular flexibility index (Phi) is 3.98. The predicted molar refractivity (Wildman–Crippen MR) is 72.4 cm³/mol. The van der Waals surface area contributed by atoms with Gasteiger partial charge in [-0.2, -0.15) is 0 Å². The highest BCUT2D eigenvalue weighted by atomic mass is 28.4. The Morgan fingerprint density at radius 2 is 1.74 bits per heavy atom. The first-order chi connectivity index (χ1) is 8.96. The largest absolute Gasteiger partial charge is 0.536 e. The maximum atomic E-state index is 5.76. The van der Waals surface area contributed by atoms with Crippen LogP contribution in [0.3, 0.4) is 0 Å². The summed E-state index contributed by atoms with van der Waals surface area (Å²) in [7, 11) is 1.98. The smallest absolute Gasteiger partial charge is 0.463 e. The lowest BCUT2D eigenvalue weighted by Crippen LogP contribution is -2.54. The number of ether oxygens (including phenoxy) is 2. The zero-order valence-corrected chi connectivity index (χ0v) is 13.0. The lowest BCUT2D eigenvalue weighted by molar-refractivity contribution is -0.180. The molecule has 0 amide bonds. The first-order valence-electron chi connectivity index (χ1n) is 6.08. The van der Waals surface area contributed by atoms with E-state index in [4.69, 9.17) is 22.8 Å². The summed E-state index contributed by atoms with van der Waals surface area (Å²) >= 11 is 0. The summed E-state index contributed by atoms with van der Waals surface area (Å²) in [6.45, 7) is 4.28. The van der Waals surface area contributed by atoms with Crippen LogP contribution in [0.5, 0.6) is 5.75 Å². The molecule has 0 saturated heterocycles. The first kappa shape index (κ1) is 14.5. The van der Waals surface area contributed by atoms with Gasteiger partial charge in [0.15, 0.2) is 0 Å². The highest BCUT2D eigenvalue weighted by molar-refractivity contribution is 6.75. The summed E-state index contributed by atoms with van der Waals surface area (Å²) < 4.78 is 27.8. The molecule has 0 aromatic heterocycles. The van der Waals surface area contributed by atoms with Gasteiger partial charge in [-0.3, -0.25) is 0 Å². The molecule has 106 valence electrons. The Balaban J connectivity index is 2.37. The molecule has 0 saturated carbocycles. The Morgan fingerprint density at radius 1 is 1.11 bits per heavy atom. The zero-order chi connectivity index (χ0) is 14.1. The summed E-state index contributed by atoms with van der Waals surface area (Å²) in [5.41, 5.74) is 0.972. The van der Waals surface area contributed by atoms with Crippen LogP contribution in [-0.4, -0.2) is 35.9 Å². The molecule has 1 heterocycles. The van der Waals surface area contributed by atoms with E-state index in [9.17, 15) is 0 Å². The maximum absolute atomic E-state index is 5.76. The minimum Gasteiger partial charge on any atom is -0.463 e.